The standard InChI is InChI=1S/C12H16N2O6S/c1-3-4-10(12(15)16)13-21(19,20)11-6-5-9(14(17)18)7-8(11)2/h5-7,10,13H,3-4H2,1-2H3,(H,15,16). The van der Waals surface area contributed by atoms with Crippen molar-refractivity contribution in [2.75, 3.05) is 0 Å². The Bertz CT molecular complexity index is 656. The van der Waals surface area contributed by atoms with Crippen molar-refractivity contribution in [1.82, 2.24) is 4.72 Å². The van der Waals surface area contributed by atoms with Crippen molar-refractivity contribution in [3.05, 3.63) is 33.9 Å². The highest BCUT2D eigenvalue weighted by atomic mass is 32.2. The van der Waals surface area contributed by atoms with Gasteiger partial charge in [0.15, 0.2) is 0 Å². The number of carboxylic acid groups (broad SMARTS) is 1. The van der Waals surface area contributed by atoms with E-state index in [4.69, 9.17) is 5.11 Å². The van der Waals surface area contributed by atoms with Crippen LogP contribution in [0.25, 0.3) is 0 Å². The van der Waals surface area contributed by atoms with Gasteiger partial charge in [0, 0.05) is 12.1 Å². The third kappa shape index (κ3) is 4.23. The fourth-order valence-electron chi connectivity index (χ4n) is 1.82. The number of benzene rings is 1. The van der Waals surface area contributed by atoms with Crippen molar-refractivity contribution in [2.45, 2.75) is 37.6 Å². The molecule has 0 radical (unpaired) electrons. The number of hydrogen-bond donors (Lipinski definition) is 2. The van der Waals surface area contributed by atoms with Gasteiger partial charge in [-0.1, -0.05) is 13.3 Å². The highest BCUT2D eigenvalue weighted by Crippen LogP contribution is 2.21. The van der Waals surface area contributed by atoms with Crippen molar-refractivity contribution in [2.24, 2.45) is 0 Å². The van der Waals surface area contributed by atoms with E-state index in [1.54, 1.807) is 6.92 Å². The Balaban J connectivity index is 3.13. The van der Waals surface area contributed by atoms with E-state index in [0.29, 0.717) is 6.42 Å². The second kappa shape index (κ2) is 6.64. The first-order chi connectivity index (χ1) is 9.69. The number of non-ortho nitro benzene ring substituents is 1. The highest BCUT2D eigenvalue weighted by Gasteiger charge is 2.26. The minimum absolute atomic E-state index is 0.153. The molecule has 21 heavy (non-hydrogen) atoms. The molecule has 1 rings (SSSR count). The molecule has 0 aliphatic carbocycles. The van der Waals surface area contributed by atoms with Crippen LogP contribution in [0, 0.1) is 17.0 Å². The van der Waals surface area contributed by atoms with Crippen molar-refractivity contribution in [1.29, 1.82) is 0 Å². The fraction of sp³-hybridized carbons (Fsp3) is 0.417. The predicted octanol–water partition coefficient (Wildman–Crippen LogP) is 1.43. The number of hydrogen-bond acceptors (Lipinski definition) is 5. The normalized spacial score (nSPS) is 12.9. The maximum absolute atomic E-state index is 12.2. The van der Waals surface area contributed by atoms with Gasteiger partial charge in [-0.2, -0.15) is 4.72 Å². The number of aryl methyl sites for hydroxylation is 1. The molecule has 8 nitrogen and oxygen atoms in total. The van der Waals surface area contributed by atoms with Crippen molar-refractivity contribution >= 4 is 21.7 Å². The van der Waals surface area contributed by atoms with Gasteiger partial charge < -0.3 is 5.11 Å². The molecule has 0 aliphatic rings. The average molecular weight is 316 g/mol. The largest absolute Gasteiger partial charge is 0.480 e. The average Bonchev–Trinajstić information content (AvgIpc) is 2.37. The summed E-state index contributed by atoms with van der Waals surface area (Å²) in [4.78, 5) is 20.8. The summed E-state index contributed by atoms with van der Waals surface area (Å²) in [5.74, 6) is -1.26. The van der Waals surface area contributed by atoms with E-state index in [1.165, 1.54) is 6.92 Å². The van der Waals surface area contributed by atoms with Gasteiger partial charge in [-0.3, -0.25) is 14.9 Å². The van der Waals surface area contributed by atoms with E-state index in [1.807, 2.05) is 0 Å². The quantitative estimate of drug-likeness (QED) is 0.579. The van der Waals surface area contributed by atoms with Gasteiger partial charge in [0.25, 0.3) is 5.69 Å². The van der Waals surface area contributed by atoms with Crippen LogP contribution < -0.4 is 4.72 Å². The molecule has 0 spiro atoms. The number of nitro groups is 1. The van der Waals surface area contributed by atoms with E-state index < -0.39 is 27.0 Å². The number of rotatable bonds is 7. The van der Waals surface area contributed by atoms with Crippen LogP contribution in [0.5, 0.6) is 0 Å². The lowest BCUT2D eigenvalue weighted by atomic mass is 10.2. The molecule has 0 aliphatic heterocycles. The molecule has 0 saturated heterocycles. The summed E-state index contributed by atoms with van der Waals surface area (Å²) in [6, 6.07) is 2.07. The molecule has 0 heterocycles. The summed E-state index contributed by atoms with van der Waals surface area (Å²) < 4.78 is 26.5. The van der Waals surface area contributed by atoms with Gasteiger partial charge in [-0.05, 0) is 25.0 Å². The summed E-state index contributed by atoms with van der Waals surface area (Å²) in [5.41, 5.74) is -0.0490. The molecule has 1 unspecified atom stereocenters. The lowest BCUT2D eigenvalue weighted by Crippen LogP contribution is -2.40. The summed E-state index contributed by atoms with van der Waals surface area (Å²) in [6.45, 7) is 3.15. The number of nitrogens with one attached hydrogen (secondary N) is 1. The molecule has 0 amide bonds. The maximum atomic E-state index is 12.2. The highest BCUT2D eigenvalue weighted by molar-refractivity contribution is 7.89. The minimum atomic E-state index is -4.05. The first-order valence-electron chi connectivity index (χ1n) is 6.19. The summed E-state index contributed by atoms with van der Waals surface area (Å²) in [7, 11) is -4.05. The lowest BCUT2D eigenvalue weighted by Gasteiger charge is -2.15. The number of nitro benzene ring substituents is 1. The van der Waals surface area contributed by atoms with E-state index in [2.05, 4.69) is 4.72 Å². The molecule has 0 saturated carbocycles. The Morgan fingerprint density at radius 3 is 2.52 bits per heavy atom. The first kappa shape index (κ1) is 17.1. The number of nitrogens with zero attached hydrogens (tertiary/aromatic N) is 1. The smallest absolute Gasteiger partial charge is 0.321 e. The monoisotopic (exact) mass is 316 g/mol. The first-order valence-corrected chi connectivity index (χ1v) is 7.67. The summed E-state index contributed by atoms with van der Waals surface area (Å²) >= 11 is 0. The van der Waals surface area contributed by atoms with Crippen LogP contribution in [-0.4, -0.2) is 30.5 Å². The second-order valence-electron chi connectivity index (χ2n) is 4.51. The number of sulfonamides is 1. The SMILES string of the molecule is CCCC(NS(=O)(=O)c1ccc([N+](=O)[O-])cc1C)C(=O)O. The maximum Gasteiger partial charge on any atom is 0.321 e. The van der Waals surface area contributed by atoms with Crippen molar-refractivity contribution < 1.29 is 23.2 Å². The van der Waals surface area contributed by atoms with Gasteiger partial charge in [0.2, 0.25) is 10.0 Å². The molecule has 1 aromatic rings. The topological polar surface area (TPSA) is 127 Å². The Kier molecular flexibility index (Phi) is 5.39. The Hall–Kier alpha value is -2.00. The molecule has 0 aromatic heterocycles. The molecule has 116 valence electrons. The third-order valence-electron chi connectivity index (χ3n) is 2.83. The molecule has 9 heteroatoms. The molecule has 0 fully saturated rings. The molecule has 2 N–H and O–H groups in total. The van der Waals surface area contributed by atoms with Crippen LogP contribution in [0.4, 0.5) is 5.69 Å². The van der Waals surface area contributed by atoms with E-state index >= 15 is 0 Å². The Labute approximate surface area is 122 Å². The Morgan fingerprint density at radius 1 is 1.48 bits per heavy atom. The minimum Gasteiger partial charge on any atom is -0.480 e. The summed E-state index contributed by atoms with van der Waals surface area (Å²) in [5, 5.41) is 19.6. The van der Waals surface area contributed by atoms with Crippen LogP contribution in [0.1, 0.15) is 25.3 Å². The molecular formula is C12H16N2O6S. The zero-order valence-electron chi connectivity index (χ0n) is 11.6. The van der Waals surface area contributed by atoms with Crippen LogP contribution >= 0.6 is 0 Å². The fourth-order valence-corrected chi connectivity index (χ4v) is 3.27. The molecule has 1 atom stereocenters. The number of carboxylic acids is 1. The lowest BCUT2D eigenvalue weighted by molar-refractivity contribution is -0.385. The molecule has 1 aromatic carbocycles. The Morgan fingerprint density at radius 2 is 2.10 bits per heavy atom. The van der Waals surface area contributed by atoms with Crippen LogP contribution in [0.2, 0.25) is 0 Å². The third-order valence-corrected chi connectivity index (χ3v) is 4.46. The van der Waals surface area contributed by atoms with Crippen LogP contribution in [0.3, 0.4) is 0 Å². The predicted molar refractivity (Wildman–Crippen MR) is 74.5 cm³/mol. The zero-order valence-corrected chi connectivity index (χ0v) is 12.4. The van der Waals surface area contributed by atoms with Crippen LogP contribution in [-0.2, 0) is 14.8 Å². The zero-order chi connectivity index (χ0) is 16.2. The number of carbonyl (C=O) groups is 1. The van der Waals surface area contributed by atoms with Crippen molar-refractivity contribution in [3.63, 3.8) is 0 Å². The van der Waals surface area contributed by atoms with E-state index in [0.717, 1.165) is 18.2 Å². The van der Waals surface area contributed by atoms with Gasteiger partial charge in [0.05, 0.1) is 9.82 Å². The number of aliphatic carboxylic acids is 1. The van der Waals surface area contributed by atoms with E-state index in [9.17, 15) is 23.3 Å². The molecular weight excluding hydrogens is 300 g/mol. The molecule has 0 bridgehead atoms. The van der Waals surface area contributed by atoms with Gasteiger partial charge in [-0.15, -0.1) is 0 Å². The van der Waals surface area contributed by atoms with E-state index in [-0.39, 0.29) is 22.6 Å². The van der Waals surface area contributed by atoms with Gasteiger partial charge in [0.1, 0.15) is 6.04 Å². The van der Waals surface area contributed by atoms with Gasteiger partial charge >= 0.3 is 5.97 Å². The van der Waals surface area contributed by atoms with Crippen molar-refractivity contribution in [3.8, 4) is 0 Å². The second-order valence-corrected chi connectivity index (χ2v) is 6.19. The van der Waals surface area contributed by atoms with Gasteiger partial charge in [-0.25, -0.2) is 8.42 Å². The van der Waals surface area contributed by atoms with Crippen LogP contribution in [0.15, 0.2) is 23.1 Å². The summed E-state index contributed by atoms with van der Waals surface area (Å²) in [6.07, 6.45) is 0.652.